The Morgan fingerprint density at radius 3 is 3.00 bits per heavy atom. The van der Waals surface area contributed by atoms with Crippen molar-refractivity contribution in [3.05, 3.63) is 0 Å². The van der Waals surface area contributed by atoms with Crippen molar-refractivity contribution < 1.29 is 4.79 Å². The third kappa shape index (κ3) is 0.799. The van der Waals surface area contributed by atoms with Crippen molar-refractivity contribution in [1.29, 1.82) is 0 Å². The minimum atomic E-state index is 0.434. The third-order valence-corrected chi connectivity index (χ3v) is 3.07. The summed E-state index contributed by atoms with van der Waals surface area (Å²) in [6.45, 7) is 2.13. The molecule has 0 aromatic heterocycles. The zero-order chi connectivity index (χ0) is 7.14. The average Bonchev–Trinajstić information content (AvgIpc) is 2.68. The molecule has 2 saturated carbocycles. The summed E-state index contributed by atoms with van der Waals surface area (Å²) in [5, 5.41) is 0. The molecule has 0 aromatic carbocycles. The molecule has 0 heterocycles. The minimum absolute atomic E-state index is 0.434. The van der Waals surface area contributed by atoms with Crippen molar-refractivity contribution in [2.45, 2.75) is 32.6 Å². The molecule has 1 heteroatoms. The van der Waals surface area contributed by atoms with Gasteiger partial charge in [0.15, 0.2) is 0 Å². The lowest BCUT2D eigenvalue weighted by molar-refractivity contribution is -0.125. The Bertz CT molecular complexity index is 162. The fourth-order valence-corrected chi connectivity index (χ4v) is 2.18. The molecule has 1 nitrogen and oxygen atoms in total. The van der Waals surface area contributed by atoms with Crippen LogP contribution in [0, 0.1) is 17.8 Å². The summed E-state index contributed by atoms with van der Waals surface area (Å²) >= 11 is 0. The number of hydrogen-bond donors (Lipinski definition) is 0. The van der Waals surface area contributed by atoms with Gasteiger partial charge in [-0.1, -0.05) is 6.92 Å². The summed E-state index contributed by atoms with van der Waals surface area (Å²) in [6.07, 6.45) is 4.79. The van der Waals surface area contributed by atoms with Crippen LogP contribution in [0.1, 0.15) is 32.6 Å². The van der Waals surface area contributed by atoms with Crippen LogP contribution in [-0.2, 0) is 4.79 Å². The molecule has 0 unspecified atom stereocenters. The molecule has 0 radical (unpaired) electrons. The maximum Gasteiger partial charge on any atom is 0.139 e. The summed E-state index contributed by atoms with van der Waals surface area (Å²) in [6, 6.07) is 0. The lowest BCUT2D eigenvalue weighted by Crippen LogP contribution is -2.20. The first-order valence-electron chi connectivity index (χ1n) is 4.36. The van der Waals surface area contributed by atoms with Crippen LogP contribution in [0.2, 0.25) is 0 Å². The van der Waals surface area contributed by atoms with Gasteiger partial charge in [0, 0.05) is 11.8 Å². The van der Waals surface area contributed by atoms with Gasteiger partial charge in [-0.15, -0.1) is 0 Å². The van der Waals surface area contributed by atoms with Gasteiger partial charge in [-0.2, -0.15) is 0 Å². The Morgan fingerprint density at radius 1 is 1.50 bits per heavy atom. The van der Waals surface area contributed by atoms with Gasteiger partial charge in [-0.25, -0.2) is 0 Å². The second kappa shape index (κ2) is 2.08. The molecule has 2 aliphatic rings. The zero-order valence-corrected chi connectivity index (χ0v) is 6.47. The van der Waals surface area contributed by atoms with Crippen LogP contribution >= 0.6 is 0 Å². The Labute approximate surface area is 61.8 Å². The molecule has 0 bridgehead atoms. The topological polar surface area (TPSA) is 17.1 Å². The highest BCUT2D eigenvalue weighted by atomic mass is 16.1. The molecule has 0 saturated heterocycles. The summed E-state index contributed by atoms with van der Waals surface area (Å²) < 4.78 is 0. The summed E-state index contributed by atoms with van der Waals surface area (Å²) in [5.41, 5.74) is 0. The molecule has 0 spiro atoms. The lowest BCUT2D eigenvalue weighted by Gasteiger charge is -2.17. The predicted molar refractivity (Wildman–Crippen MR) is 39.6 cm³/mol. The van der Waals surface area contributed by atoms with Crippen LogP contribution in [0.3, 0.4) is 0 Å². The quantitative estimate of drug-likeness (QED) is 0.541. The van der Waals surface area contributed by atoms with Gasteiger partial charge in [0.25, 0.3) is 0 Å². The molecular formula is C9H14O. The van der Waals surface area contributed by atoms with Crippen molar-refractivity contribution in [3.63, 3.8) is 0 Å². The molecule has 2 rings (SSSR count). The Kier molecular flexibility index (Phi) is 1.33. The zero-order valence-electron chi connectivity index (χ0n) is 6.47. The molecule has 0 amide bonds. The fourth-order valence-electron chi connectivity index (χ4n) is 2.18. The van der Waals surface area contributed by atoms with E-state index < -0.39 is 0 Å². The molecule has 2 fully saturated rings. The van der Waals surface area contributed by atoms with Crippen LogP contribution in [0.15, 0.2) is 0 Å². The first kappa shape index (κ1) is 6.38. The smallest absolute Gasteiger partial charge is 0.139 e. The Morgan fingerprint density at radius 2 is 2.30 bits per heavy atom. The standard InChI is InChI=1S/C9H14O/c1-2-6-3-4-7-5-8(7)9(6)10/h6-8H,2-5H2,1H3/t6-,7+,8-/m1/s1. The maximum absolute atomic E-state index is 11.4. The molecule has 3 atom stereocenters. The molecule has 2 aliphatic carbocycles. The Hall–Kier alpha value is -0.330. The number of fused-ring (bicyclic) bond motifs is 1. The van der Waals surface area contributed by atoms with Gasteiger partial charge in [0.1, 0.15) is 5.78 Å². The van der Waals surface area contributed by atoms with Crippen molar-refractivity contribution in [2.24, 2.45) is 17.8 Å². The van der Waals surface area contributed by atoms with Gasteiger partial charge in [-0.05, 0) is 31.6 Å². The summed E-state index contributed by atoms with van der Waals surface area (Å²) in [7, 11) is 0. The first-order valence-corrected chi connectivity index (χ1v) is 4.36. The van der Waals surface area contributed by atoms with Crippen LogP contribution in [0.5, 0.6) is 0 Å². The second-order valence-electron chi connectivity index (χ2n) is 3.69. The SMILES string of the molecule is CC[C@@H]1CC[C@H]2C[C@H]2C1=O. The minimum Gasteiger partial charge on any atom is -0.299 e. The van der Waals surface area contributed by atoms with Crippen molar-refractivity contribution in [1.82, 2.24) is 0 Å². The molecular weight excluding hydrogens is 124 g/mol. The monoisotopic (exact) mass is 138 g/mol. The van der Waals surface area contributed by atoms with E-state index in [1.807, 2.05) is 0 Å². The molecule has 0 aliphatic heterocycles. The van der Waals surface area contributed by atoms with E-state index in [1.54, 1.807) is 0 Å². The largest absolute Gasteiger partial charge is 0.299 e. The molecule has 56 valence electrons. The lowest BCUT2D eigenvalue weighted by atomic mass is 9.86. The number of Topliss-reactive ketones (excluding diaryl/α,β-unsaturated/α-hetero) is 1. The molecule has 0 aromatic rings. The van der Waals surface area contributed by atoms with E-state index in [9.17, 15) is 4.79 Å². The number of rotatable bonds is 1. The Balaban J connectivity index is 2.04. The van der Waals surface area contributed by atoms with Crippen molar-refractivity contribution in [2.75, 3.05) is 0 Å². The van der Waals surface area contributed by atoms with E-state index >= 15 is 0 Å². The van der Waals surface area contributed by atoms with Gasteiger partial charge in [0.2, 0.25) is 0 Å². The van der Waals surface area contributed by atoms with Gasteiger partial charge in [0.05, 0.1) is 0 Å². The van der Waals surface area contributed by atoms with Crippen molar-refractivity contribution in [3.8, 4) is 0 Å². The third-order valence-electron chi connectivity index (χ3n) is 3.07. The number of ketones is 1. The fraction of sp³-hybridized carbons (Fsp3) is 0.889. The average molecular weight is 138 g/mol. The molecule has 0 N–H and O–H groups in total. The summed E-state index contributed by atoms with van der Waals surface area (Å²) in [4.78, 5) is 11.4. The summed E-state index contributed by atoms with van der Waals surface area (Å²) in [5.74, 6) is 2.34. The van der Waals surface area contributed by atoms with Crippen LogP contribution in [0.4, 0.5) is 0 Å². The van der Waals surface area contributed by atoms with Crippen molar-refractivity contribution >= 4 is 5.78 Å². The van der Waals surface area contributed by atoms with E-state index in [0.717, 1.165) is 12.3 Å². The van der Waals surface area contributed by atoms with E-state index in [4.69, 9.17) is 0 Å². The second-order valence-corrected chi connectivity index (χ2v) is 3.69. The number of carbonyl (C=O) groups excluding carboxylic acids is 1. The van der Waals surface area contributed by atoms with Gasteiger partial charge in [-0.3, -0.25) is 4.79 Å². The highest BCUT2D eigenvalue weighted by Gasteiger charge is 2.47. The first-order chi connectivity index (χ1) is 4.83. The van der Waals surface area contributed by atoms with Crippen LogP contribution < -0.4 is 0 Å². The number of carbonyl (C=O) groups is 1. The predicted octanol–water partition coefficient (Wildman–Crippen LogP) is 2.01. The normalized spacial score (nSPS) is 44.9. The van der Waals surface area contributed by atoms with E-state index in [1.165, 1.54) is 19.3 Å². The van der Waals surface area contributed by atoms with Gasteiger partial charge >= 0.3 is 0 Å². The highest BCUT2D eigenvalue weighted by Crippen LogP contribution is 2.49. The highest BCUT2D eigenvalue weighted by molar-refractivity contribution is 5.86. The van der Waals surface area contributed by atoms with E-state index in [-0.39, 0.29) is 0 Å². The maximum atomic E-state index is 11.4. The van der Waals surface area contributed by atoms with Crippen LogP contribution in [0.25, 0.3) is 0 Å². The van der Waals surface area contributed by atoms with E-state index in [2.05, 4.69) is 6.92 Å². The van der Waals surface area contributed by atoms with E-state index in [0.29, 0.717) is 17.6 Å². The van der Waals surface area contributed by atoms with Gasteiger partial charge < -0.3 is 0 Å². The molecule has 10 heavy (non-hydrogen) atoms. The van der Waals surface area contributed by atoms with Crippen LogP contribution in [-0.4, -0.2) is 5.78 Å². The number of hydrogen-bond acceptors (Lipinski definition) is 1.